The Labute approximate surface area is 92.8 Å². The van der Waals surface area contributed by atoms with Crippen molar-refractivity contribution in [3.63, 3.8) is 0 Å². The van der Waals surface area contributed by atoms with Crippen LogP contribution in [0, 0.1) is 17.1 Å². The van der Waals surface area contributed by atoms with Crippen molar-refractivity contribution in [1.82, 2.24) is 0 Å². The third-order valence-electron chi connectivity index (χ3n) is 2.33. The quantitative estimate of drug-likeness (QED) is 0.739. The molecule has 0 aromatic heterocycles. The summed E-state index contributed by atoms with van der Waals surface area (Å²) in [7, 11) is 0. The Morgan fingerprint density at radius 1 is 1.06 bits per heavy atom. The van der Waals surface area contributed by atoms with Gasteiger partial charge in [-0.3, -0.25) is 0 Å². The van der Waals surface area contributed by atoms with Crippen molar-refractivity contribution < 1.29 is 4.39 Å². The number of rotatable bonds is 1. The fourth-order valence-electron chi connectivity index (χ4n) is 1.51. The standard InChI is InChI=1S/C13H9FN2/c14-12-3-1-2-9(6-12)10-4-5-11(8-15)13(16)7-10/h1-7H,16H2. The number of nitriles is 1. The van der Waals surface area contributed by atoms with E-state index in [4.69, 9.17) is 11.0 Å². The lowest BCUT2D eigenvalue weighted by molar-refractivity contribution is 0.628. The summed E-state index contributed by atoms with van der Waals surface area (Å²) in [6, 6.07) is 13.3. The van der Waals surface area contributed by atoms with Crippen LogP contribution in [0.4, 0.5) is 10.1 Å². The van der Waals surface area contributed by atoms with Crippen molar-refractivity contribution in [1.29, 1.82) is 5.26 Å². The molecule has 78 valence electrons. The first-order chi connectivity index (χ1) is 7.70. The highest BCUT2D eigenvalue weighted by molar-refractivity contribution is 5.70. The summed E-state index contributed by atoms with van der Waals surface area (Å²) in [5.74, 6) is -0.291. The van der Waals surface area contributed by atoms with Crippen LogP contribution in [0.5, 0.6) is 0 Å². The first-order valence-corrected chi connectivity index (χ1v) is 4.76. The van der Waals surface area contributed by atoms with Crippen LogP contribution >= 0.6 is 0 Å². The number of nitrogen functional groups attached to an aromatic ring is 1. The third kappa shape index (κ3) is 1.86. The zero-order valence-electron chi connectivity index (χ0n) is 8.44. The molecule has 0 unspecified atom stereocenters. The van der Waals surface area contributed by atoms with Crippen LogP contribution in [0.1, 0.15) is 5.56 Å². The number of hydrogen-bond acceptors (Lipinski definition) is 2. The van der Waals surface area contributed by atoms with Gasteiger partial charge in [-0.1, -0.05) is 18.2 Å². The minimum Gasteiger partial charge on any atom is -0.398 e. The zero-order valence-corrected chi connectivity index (χ0v) is 8.44. The van der Waals surface area contributed by atoms with Gasteiger partial charge in [0.15, 0.2) is 0 Å². The summed E-state index contributed by atoms with van der Waals surface area (Å²) < 4.78 is 13.0. The van der Waals surface area contributed by atoms with Crippen molar-refractivity contribution in [3.05, 3.63) is 53.8 Å². The van der Waals surface area contributed by atoms with E-state index in [2.05, 4.69) is 0 Å². The van der Waals surface area contributed by atoms with Gasteiger partial charge >= 0.3 is 0 Å². The van der Waals surface area contributed by atoms with Crippen LogP contribution in [-0.2, 0) is 0 Å². The maximum absolute atomic E-state index is 13.0. The van der Waals surface area contributed by atoms with Crippen LogP contribution in [0.2, 0.25) is 0 Å². The predicted molar refractivity (Wildman–Crippen MR) is 61.0 cm³/mol. The van der Waals surface area contributed by atoms with Gasteiger partial charge in [-0.05, 0) is 35.4 Å². The Morgan fingerprint density at radius 2 is 1.81 bits per heavy atom. The molecule has 0 saturated carbocycles. The van der Waals surface area contributed by atoms with Gasteiger partial charge in [-0.15, -0.1) is 0 Å². The number of hydrogen-bond donors (Lipinski definition) is 1. The summed E-state index contributed by atoms with van der Waals surface area (Å²) in [6.45, 7) is 0. The Morgan fingerprint density at radius 3 is 2.44 bits per heavy atom. The molecule has 2 nitrogen and oxygen atoms in total. The normalized spacial score (nSPS) is 9.75. The summed E-state index contributed by atoms with van der Waals surface area (Å²) in [5, 5.41) is 8.73. The van der Waals surface area contributed by atoms with Gasteiger partial charge in [0, 0.05) is 0 Å². The molecule has 0 aliphatic carbocycles. The van der Waals surface area contributed by atoms with Crippen LogP contribution in [0.25, 0.3) is 11.1 Å². The lowest BCUT2D eigenvalue weighted by atomic mass is 10.0. The summed E-state index contributed by atoms with van der Waals surface area (Å²) in [4.78, 5) is 0. The molecule has 0 amide bonds. The Kier molecular flexibility index (Phi) is 2.57. The van der Waals surface area contributed by atoms with Gasteiger partial charge in [0.25, 0.3) is 0 Å². The molecule has 2 aromatic rings. The molecule has 0 atom stereocenters. The molecule has 0 heterocycles. The number of nitrogens with zero attached hydrogens (tertiary/aromatic N) is 1. The second-order valence-corrected chi connectivity index (χ2v) is 3.42. The molecule has 16 heavy (non-hydrogen) atoms. The molecular formula is C13H9FN2. The molecule has 0 bridgehead atoms. The molecule has 2 rings (SSSR count). The summed E-state index contributed by atoms with van der Waals surface area (Å²) in [5.41, 5.74) is 8.08. The van der Waals surface area contributed by atoms with Crippen molar-refractivity contribution in [2.24, 2.45) is 0 Å². The fourth-order valence-corrected chi connectivity index (χ4v) is 1.51. The topological polar surface area (TPSA) is 49.8 Å². The van der Waals surface area contributed by atoms with Crippen molar-refractivity contribution in [2.45, 2.75) is 0 Å². The van der Waals surface area contributed by atoms with Crippen molar-refractivity contribution in [2.75, 3.05) is 5.73 Å². The van der Waals surface area contributed by atoms with Gasteiger partial charge in [0.2, 0.25) is 0 Å². The number of benzene rings is 2. The van der Waals surface area contributed by atoms with Gasteiger partial charge in [0.1, 0.15) is 11.9 Å². The van der Waals surface area contributed by atoms with E-state index in [0.717, 1.165) is 11.1 Å². The largest absolute Gasteiger partial charge is 0.398 e. The van der Waals surface area contributed by atoms with E-state index in [0.29, 0.717) is 11.3 Å². The van der Waals surface area contributed by atoms with E-state index in [1.807, 2.05) is 6.07 Å². The minimum absolute atomic E-state index is 0.291. The van der Waals surface area contributed by atoms with Gasteiger partial charge in [-0.2, -0.15) is 5.26 Å². The van der Waals surface area contributed by atoms with E-state index in [1.54, 1.807) is 30.3 Å². The van der Waals surface area contributed by atoms with E-state index in [-0.39, 0.29) is 5.82 Å². The highest BCUT2D eigenvalue weighted by atomic mass is 19.1. The zero-order chi connectivity index (χ0) is 11.5. The SMILES string of the molecule is N#Cc1ccc(-c2cccc(F)c2)cc1N. The molecule has 0 spiro atoms. The first-order valence-electron chi connectivity index (χ1n) is 4.76. The maximum Gasteiger partial charge on any atom is 0.123 e. The maximum atomic E-state index is 13.0. The van der Waals surface area contributed by atoms with E-state index in [9.17, 15) is 4.39 Å². The smallest absolute Gasteiger partial charge is 0.123 e. The first kappa shape index (κ1) is 10.2. The average molecular weight is 212 g/mol. The Hall–Kier alpha value is -2.34. The molecule has 0 aliphatic heterocycles. The molecule has 0 fully saturated rings. The summed E-state index contributed by atoms with van der Waals surface area (Å²) >= 11 is 0. The van der Waals surface area contributed by atoms with Crippen molar-refractivity contribution in [3.8, 4) is 17.2 Å². The monoisotopic (exact) mass is 212 g/mol. The van der Waals surface area contributed by atoms with E-state index < -0.39 is 0 Å². The molecule has 2 N–H and O–H groups in total. The minimum atomic E-state index is -0.291. The summed E-state index contributed by atoms with van der Waals surface area (Å²) in [6.07, 6.45) is 0. The molecule has 0 aliphatic rings. The van der Waals surface area contributed by atoms with Crippen LogP contribution in [0.3, 0.4) is 0 Å². The Balaban J connectivity index is 2.50. The highest BCUT2D eigenvalue weighted by Crippen LogP contribution is 2.24. The average Bonchev–Trinajstić information content (AvgIpc) is 2.29. The van der Waals surface area contributed by atoms with Gasteiger partial charge in [-0.25, -0.2) is 4.39 Å². The number of anilines is 1. The third-order valence-corrected chi connectivity index (χ3v) is 2.33. The molecule has 0 radical (unpaired) electrons. The van der Waals surface area contributed by atoms with E-state index in [1.165, 1.54) is 12.1 Å². The van der Waals surface area contributed by atoms with Gasteiger partial charge < -0.3 is 5.73 Å². The second-order valence-electron chi connectivity index (χ2n) is 3.42. The lowest BCUT2D eigenvalue weighted by Crippen LogP contribution is -1.91. The molecule has 0 saturated heterocycles. The molecule has 2 aromatic carbocycles. The highest BCUT2D eigenvalue weighted by Gasteiger charge is 2.02. The van der Waals surface area contributed by atoms with Crippen LogP contribution < -0.4 is 5.73 Å². The van der Waals surface area contributed by atoms with Crippen LogP contribution in [-0.4, -0.2) is 0 Å². The number of halogens is 1. The fraction of sp³-hybridized carbons (Fsp3) is 0. The lowest BCUT2D eigenvalue weighted by Gasteiger charge is -2.04. The van der Waals surface area contributed by atoms with Crippen LogP contribution in [0.15, 0.2) is 42.5 Å². The Bertz CT molecular complexity index is 570. The predicted octanol–water partition coefficient (Wildman–Crippen LogP) is 2.95. The number of nitrogens with two attached hydrogens (primary N) is 1. The molecular weight excluding hydrogens is 203 g/mol. The van der Waals surface area contributed by atoms with Gasteiger partial charge in [0.05, 0.1) is 11.3 Å². The van der Waals surface area contributed by atoms with E-state index >= 15 is 0 Å². The second kappa shape index (κ2) is 4.03. The van der Waals surface area contributed by atoms with Crippen molar-refractivity contribution >= 4 is 5.69 Å². The molecule has 3 heteroatoms.